The molecule has 0 aliphatic heterocycles. The molecule has 3 aromatic rings. The molecule has 4 heteroatoms. The van der Waals surface area contributed by atoms with E-state index in [0.29, 0.717) is 17.6 Å². The van der Waals surface area contributed by atoms with Crippen LogP contribution >= 0.6 is 0 Å². The summed E-state index contributed by atoms with van der Waals surface area (Å²) < 4.78 is 1.75. The van der Waals surface area contributed by atoms with Crippen LogP contribution < -0.4 is 5.56 Å². The summed E-state index contributed by atoms with van der Waals surface area (Å²) in [6.45, 7) is 4.61. The summed E-state index contributed by atoms with van der Waals surface area (Å²) >= 11 is 0. The van der Waals surface area contributed by atoms with E-state index in [9.17, 15) is 4.79 Å². The van der Waals surface area contributed by atoms with Crippen molar-refractivity contribution < 1.29 is 0 Å². The van der Waals surface area contributed by atoms with Crippen molar-refractivity contribution in [2.75, 3.05) is 0 Å². The van der Waals surface area contributed by atoms with E-state index in [1.165, 1.54) is 0 Å². The Bertz CT molecular complexity index is 822. The molecule has 0 bridgehead atoms. The van der Waals surface area contributed by atoms with E-state index in [4.69, 9.17) is 0 Å². The third-order valence-corrected chi connectivity index (χ3v) is 3.46. The Morgan fingerprint density at radius 2 is 1.86 bits per heavy atom. The van der Waals surface area contributed by atoms with Gasteiger partial charge in [-0.1, -0.05) is 44.2 Å². The van der Waals surface area contributed by atoms with Gasteiger partial charge in [-0.05, 0) is 17.7 Å². The van der Waals surface area contributed by atoms with Crippen molar-refractivity contribution in [2.45, 2.75) is 26.3 Å². The summed E-state index contributed by atoms with van der Waals surface area (Å²) in [5.74, 6) is 0.933. The highest BCUT2D eigenvalue weighted by molar-refractivity contribution is 5.73. The van der Waals surface area contributed by atoms with Crippen LogP contribution in [0.2, 0.25) is 0 Å². The first-order valence-electron chi connectivity index (χ1n) is 7.06. The predicted octanol–water partition coefficient (Wildman–Crippen LogP) is 2.96. The van der Waals surface area contributed by atoms with Crippen LogP contribution in [0.4, 0.5) is 0 Å². The second kappa shape index (κ2) is 5.48. The van der Waals surface area contributed by atoms with E-state index in [-0.39, 0.29) is 11.5 Å². The van der Waals surface area contributed by atoms with Crippen molar-refractivity contribution >= 4 is 11.0 Å². The summed E-state index contributed by atoms with van der Waals surface area (Å²) in [4.78, 5) is 21.5. The largest absolute Gasteiger partial charge is 0.291 e. The summed E-state index contributed by atoms with van der Waals surface area (Å²) in [7, 11) is 0. The van der Waals surface area contributed by atoms with Crippen LogP contribution in [0.15, 0.2) is 53.5 Å². The molecule has 0 atom stereocenters. The van der Waals surface area contributed by atoms with Crippen molar-refractivity contribution in [1.82, 2.24) is 14.5 Å². The van der Waals surface area contributed by atoms with Crippen molar-refractivity contribution in [3.8, 4) is 0 Å². The standard InChI is InChI=1S/C17H17N3O/c1-12(2)16-19-15-14(9-6-10-18-15)17(21)20(16)11-13-7-4-3-5-8-13/h3-10,12H,11H2,1-2H3. The number of benzene rings is 1. The van der Waals surface area contributed by atoms with Crippen LogP contribution in [-0.4, -0.2) is 14.5 Å². The van der Waals surface area contributed by atoms with E-state index in [1.54, 1.807) is 22.9 Å². The van der Waals surface area contributed by atoms with Gasteiger partial charge in [-0.25, -0.2) is 9.97 Å². The number of hydrogen-bond donors (Lipinski definition) is 0. The maximum absolute atomic E-state index is 12.7. The Kier molecular flexibility index (Phi) is 3.52. The zero-order valence-corrected chi connectivity index (χ0v) is 12.2. The van der Waals surface area contributed by atoms with Crippen molar-refractivity contribution in [1.29, 1.82) is 0 Å². The first-order chi connectivity index (χ1) is 10.2. The van der Waals surface area contributed by atoms with Crippen LogP contribution in [-0.2, 0) is 6.54 Å². The monoisotopic (exact) mass is 279 g/mol. The van der Waals surface area contributed by atoms with E-state index in [1.807, 2.05) is 44.2 Å². The minimum atomic E-state index is -0.0272. The topological polar surface area (TPSA) is 47.8 Å². The summed E-state index contributed by atoms with van der Waals surface area (Å²) in [5.41, 5.74) is 1.59. The molecule has 0 radical (unpaired) electrons. The van der Waals surface area contributed by atoms with Crippen LogP contribution in [0.25, 0.3) is 11.0 Å². The maximum atomic E-state index is 12.7. The average molecular weight is 279 g/mol. The van der Waals surface area contributed by atoms with Gasteiger partial charge >= 0.3 is 0 Å². The lowest BCUT2D eigenvalue weighted by Crippen LogP contribution is -2.27. The second-order valence-corrected chi connectivity index (χ2v) is 5.38. The molecule has 4 nitrogen and oxygen atoms in total. The van der Waals surface area contributed by atoms with Crippen LogP contribution in [0, 0.1) is 0 Å². The minimum Gasteiger partial charge on any atom is -0.291 e. The van der Waals surface area contributed by atoms with Gasteiger partial charge in [0.25, 0.3) is 5.56 Å². The van der Waals surface area contributed by atoms with E-state index < -0.39 is 0 Å². The zero-order valence-electron chi connectivity index (χ0n) is 12.2. The zero-order chi connectivity index (χ0) is 14.8. The molecule has 0 saturated carbocycles. The van der Waals surface area contributed by atoms with Crippen molar-refractivity contribution in [3.63, 3.8) is 0 Å². The van der Waals surface area contributed by atoms with Crippen LogP contribution in [0.1, 0.15) is 31.2 Å². The number of pyridine rings is 1. The Balaban J connectivity index is 2.22. The molecule has 0 unspecified atom stereocenters. The molecule has 0 amide bonds. The number of nitrogens with zero attached hydrogens (tertiary/aromatic N) is 3. The Labute approximate surface area is 123 Å². The molecule has 0 aliphatic rings. The molecule has 1 aromatic carbocycles. The number of rotatable bonds is 3. The molecule has 3 rings (SSSR count). The smallest absolute Gasteiger partial charge is 0.263 e. The van der Waals surface area contributed by atoms with Gasteiger partial charge in [-0.2, -0.15) is 0 Å². The highest BCUT2D eigenvalue weighted by Gasteiger charge is 2.14. The fourth-order valence-electron chi connectivity index (χ4n) is 2.43. The van der Waals surface area contributed by atoms with Gasteiger partial charge in [0, 0.05) is 12.1 Å². The summed E-state index contributed by atoms with van der Waals surface area (Å²) in [6, 6.07) is 13.5. The Morgan fingerprint density at radius 1 is 1.10 bits per heavy atom. The molecule has 0 N–H and O–H groups in total. The number of hydrogen-bond acceptors (Lipinski definition) is 3. The highest BCUT2D eigenvalue weighted by Crippen LogP contribution is 2.15. The lowest BCUT2D eigenvalue weighted by atomic mass is 10.1. The Morgan fingerprint density at radius 3 is 2.57 bits per heavy atom. The quantitative estimate of drug-likeness (QED) is 0.740. The molecule has 0 spiro atoms. The van der Waals surface area contributed by atoms with E-state index >= 15 is 0 Å². The summed E-state index contributed by atoms with van der Waals surface area (Å²) in [6.07, 6.45) is 1.67. The SMILES string of the molecule is CC(C)c1nc2ncccc2c(=O)n1Cc1ccccc1. The fraction of sp³-hybridized carbons (Fsp3) is 0.235. The first kappa shape index (κ1) is 13.5. The normalized spacial score (nSPS) is 11.2. The van der Waals surface area contributed by atoms with Crippen LogP contribution in [0.5, 0.6) is 0 Å². The predicted molar refractivity (Wildman–Crippen MR) is 83.4 cm³/mol. The molecular weight excluding hydrogens is 262 g/mol. The third kappa shape index (κ3) is 2.57. The van der Waals surface area contributed by atoms with E-state index in [2.05, 4.69) is 9.97 Å². The molecule has 0 saturated heterocycles. The maximum Gasteiger partial charge on any atom is 0.263 e. The Hall–Kier alpha value is -2.49. The number of aromatic nitrogens is 3. The van der Waals surface area contributed by atoms with Crippen LogP contribution in [0.3, 0.4) is 0 Å². The van der Waals surface area contributed by atoms with Gasteiger partial charge < -0.3 is 0 Å². The molecule has 21 heavy (non-hydrogen) atoms. The molecule has 0 aliphatic carbocycles. The van der Waals surface area contributed by atoms with Gasteiger partial charge in [-0.3, -0.25) is 9.36 Å². The van der Waals surface area contributed by atoms with Gasteiger partial charge in [0.2, 0.25) is 0 Å². The molecular formula is C17H17N3O. The lowest BCUT2D eigenvalue weighted by molar-refractivity contribution is 0.633. The van der Waals surface area contributed by atoms with Crippen molar-refractivity contribution in [3.05, 3.63) is 70.4 Å². The molecule has 2 aromatic heterocycles. The molecule has 0 fully saturated rings. The van der Waals surface area contributed by atoms with Gasteiger partial charge in [0.15, 0.2) is 5.65 Å². The lowest BCUT2D eigenvalue weighted by Gasteiger charge is -2.15. The molecule has 106 valence electrons. The van der Waals surface area contributed by atoms with Gasteiger partial charge in [0.05, 0.1) is 11.9 Å². The summed E-state index contributed by atoms with van der Waals surface area (Å²) in [5, 5.41) is 0.567. The minimum absolute atomic E-state index is 0.0272. The first-order valence-corrected chi connectivity index (χ1v) is 7.06. The van der Waals surface area contributed by atoms with Gasteiger partial charge in [0.1, 0.15) is 5.82 Å². The average Bonchev–Trinajstić information content (AvgIpc) is 2.51. The number of fused-ring (bicyclic) bond motifs is 1. The highest BCUT2D eigenvalue weighted by atomic mass is 16.1. The second-order valence-electron chi connectivity index (χ2n) is 5.38. The molecule has 2 heterocycles. The van der Waals surface area contributed by atoms with Crippen molar-refractivity contribution in [2.24, 2.45) is 0 Å². The third-order valence-electron chi connectivity index (χ3n) is 3.46. The fourth-order valence-corrected chi connectivity index (χ4v) is 2.43. The van der Waals surface area contributed by atoms with E-state index in [0.717, 1.165) is 11.4 Å². The van der Waals surface area contributed by atoms with Gasteiger partial charge in [-0.15, -0.1) is 0 Å².